The van der Waals surface area contributed by atoms with Crippen molar-refractivity contribution >= 4 is 11.8 Å². The van der Waals surface area contributed by atoms with Crippen LogP contribution in [0.25, 0.3) is 0 Å². The lowest BCUT2D eigenvalue weighted by Crippen LogP contribution is -2.30. The van der Waals surface area contributed by atoms with Crippen molar-refractivity contribution in [3.63, 3.8) is 0 Å². The first kappa shape index (κ1) is 11.4. The maximum atomic E-state index is 11.9. The van der Waals surface area contributed by atoms with E-state index in [0.29, 0.717) is 11.1 Å². The van der Waals surface area contributed by atoms with Crippen LogP contribution in [0.15, 0.2) is 24.3 Å². The van der Waals surface area contributed by atoms with Crippen molar-refractivity contribution in [2.45, 2.75) is 13.8 Å². The molecule has 17 heavy (non-hydrogen) atoms. The summed E-state index contributed by atoms with van der Waals surface area (Å²) in [7, 11) is 0. The van der Waals surface area contributed by atoms with Crippen molar-refractivity contribution in [2.24, 2.45) is 5.92 Å². The molecule has 0 saturated heterocycles. The Bertz CT molecular complexity index is 500. The first-order valence-electron chi connectivity index (χ1n) is 5.55. The Labute approximate surface area is 100 Å². The standard InChI is InChI=1S/C14H13NO2/c1-10(2)6-5-9-15-13(16)11-7-3-4-8-12(11)14(15)17/h3-4,7-8,10H,9H2,1-2H3. The first-order chi connectivity index (χ1) is 8.11. The maximum absolute atomic E-state index is 11.9. The lowest BCUT2D eigenvalue weighted by Gasteiger charge is -2.08. The molecule has 0 saturated carbocycles. The Morgan fingerprint density at radius 1 is 1.12 bits per heavy atom. The van der Waals surface area contributed by atoms with Crippen LogP contribution in [0.1, 0.15) is 34.6 Å². The fourth-order valence-electron chi connectivity index (χ4n) is 1.71. The van der Waals surface area contributed by atoms with Gasteiger partial charge in [0.2, 0.25) is 0 Å². The molecule has 2 rings (SSSR count). The third-order valence-electron chi connectivity index (χ3n) is 2.51. The van der Waals surface area contributed by atoms with E-state index in [-0.39, 0.29) is 24.3 Å². The average molecular weight is 227 g/mol. The molecular weight excluding hydrogens is 214 g/mol. The van der Waals surface area contributed by atoms with Gasteiger partial charge in [0.25, 0.3) is 11.8 Å². The van der Waals surface area contributed by atoms with Crippen molar-refractivity contribution in [3.05, 3.63) is 35.4 Å². The van der Waals surface area contributed by atoms with E-state index in [0.717, 1.165) is 0 Å². The normalized spacial score (nSPS) is 13.7. The van der Waals surface area contributed by atoms with E-state index < -0.39 is 0 Å². The van der Waals surface area contributed by atoms with Crippen LogP contribution in [-0.2, 0) is 0 Å². The van der Waals surface area contributed by atoms with Crippen molar-refractivity contribution in [2.75, 3.05) is 6.54 Å². The molecule has 1 aliphatic heterocycles. The van der Waals surface area contributed by atoms with Crippen LogP contribution in [-0.4, -0.2) is 23.3 Å². The molecule has 2 amide bonds. The molecule has 3 nitrogen and oxygen atoms in total. The second-order valence-electron chi connectivity index (χ2n) is 4.22. The monoisotopic (exact) mass is 227 g/mol. The summed E-state index contributed by atoms with van der Waals surface area (Å²) >= 11 is 0. The number of hydrogen-bond acceptors (Lipinski definition) is 2. The minimum atomic E-state index is -0.247. The first-order valence-corrected chi connectivity index (χ1v) is 5.55. The number of carbonyl (C=O) groups is 2. The second-order valence-corrected chi connectivity index (χ2v) is 4.22. The third-order valence-corrected chi connectivity index (χ3v) is 2.51. The quantitative estimate of drug-likeness (QED) is 0.543. The summed E-state index contributed by atoms with van der Waals surface area (Å²) in [6.07, 6.45) is 0. The Hall–Kier alpha value is -2.08. The topological polar surface area (TPSA) is 37.4 Å². The Morgan fingerprint density at radius 2 is 1.65 bits per heavy atom. The molecule has 1 heterocycles. The fourth-order valence-corrected chi connectivity index (χ4v) is 1.71. The van der Waals surface area contributed by atoms with Crippen LogP contribution in [0, 0.1) is 17.8 Å². The molecular formula is C14H13NO2. The van der Waals surface area contributed by atoms with Crippen LogP contribution < -0.4 is 0 Å². The number of rotatable bonds is 1. The predicted molar refractivity (Wildman–Crippen MR) is 64.4 cm³/mol. The van der Waals surface area contributed by atoms with Crippen molar-refractivity contribution in [3.8, 4) is 11.8 Å². The zero-order valence-electron chi connectivity index (χ0n) is 9.86. The van der Waals surface area contributed by atoms with E-state index in [9.17, 15) is 9.59 Å². The molecule has 1 aliphatic rings. The highest BCUT2D eigenvalue weighted by Gasteiger charge is 2.34. The minimum Gasteiger partial charge on any atom is -0.269 e. The van der Waals surface area contributed by atoms with Gasteiger partial charge in [-0.1, -0.05) is 37.8 Å². The lowest BCUT2D eigenvalue weighted by atomic mass is 10.1. The van der Waals surface area contributed by atoms with Gasteiger partial charge >= 0.3 is 0 Å². The molecule has 0 fully saturated rings. The minimum absolute atomic E-state index is 0.171. The molecule has 3 heteroatoms. The van der Waals surface area contributed by atoms with Crippen molar-refractivity contribution in [1.29, 1.82) is 0 Å². The van der Waals surface area contributed by atoms with E-state index in [1.165, 1.54) is 4.90 Å². The van der Waals surface area contributed by atoms with Gasteiger partial charge in [0.1, 0.15) is 0 Å². The van der Waals surface area contributed by atoms with E-state index in [1.807, 2.05) is 13.8 Å². The summed E-state index contributed by atoms with van der Waals surface area (Å²) < 4.78 is 0. The highest BCUT2D eigenvalue weighted by molar-refractivity contribution is 6.21. The van der Waals surface area contributed by atoms with E-state index in [2.05, 4.69) is 11.8 Å². The van der Waals surface area contributed by atoms with Gasteiger partial charge in [0.05, 0.1) is 17.7 Å². The molecule has 0 radical (unpaired) electrons. The number of imide groups is 1. The fraction of sp³-hybridized carbons (Fsp3) is 0.286. The molecule has 0 N–H and O–H groups in total. The Balaban J connectivity index is 2.23. The highest BCUT2D eigenvalue weighted by atomic mass is 16.2. The van der Waals surface area contributed by atoms with E-state index >= 15 is 0 Å². The summed E-state index contributed by atoms with van der Waals surface area (Å²) in [5.74, 6) is 5.55. The summed E-state index contributed by atoms with van der Waals surface area (Å²) in [5, 5.41) is 0. The largest absolute Gasteiger partial charge is 0.269 e. The van der Waals surface area contributed by atoms with Crippen LogP contribution >= 0.6 is 0 Å². The second kappa shape index (κ2) is 4.42. The Kier molecular flexibility index (Phi) is 2.97. The van der Waals surface area contributed by atoms with Crippen LogP contribution in [0.5, 0.6) is 0 Å². The summed E-state index contributed by atoms with van der Waals surface area (Å²) in [4.78, 5) is 25.0. The molecule has 1 aromatic rings. The lowest BCUT2D eigenvalue weighted by molar-refractivity contribution is 0.0675. The van der Waals surface area contributed by atoms with E-state index in [1.54, 1.807) is 24.3 Å². The molecule has 0 aromatic heterocycles. The number of nitrogens with zero attached hydrogens (tertiary/aromatic N) is 1. The number of fused-ring (bicyclic) bond motifs is 1. The zero-order chi connectivity index (χ0) is 12.4. The number of hydrogen-bond donors (Lipinski definition) is 0. The van der Waals surface area contributed by atoms with Gasteiger partial charge in [-0.2, -0.15) is 0 Å². The number of carbonyl (C=O) groups excluding carboxylic acids is 2. The van der Waals surface area contributed by atoms with Crippen LogP contribution in [0.2, 0.25) is 0 Å². The average Bonchev–Trinajstić information content (AvgIpc) is 2.54. The van der Waals surface area contributed by atoms with Crippen LogP contribution in [0.3, 0.4) is 0 Å². The molecule has 0 atom stereocenters. The van der Waals surface area contributed by atoms with Gasteiger partial charge < -0.3 is 0 Å². The van der Waals surface area contributed by atoms with Gasteiger partial charge in [0.15, 0.2) is 0 Å². The third kappa shape index (κ3) is 2.07. The van der Waals surface area contributed by atoms with Crippen molar-refractivity contribution in [1.82, 2.24) is 4.90 Å². The van der Waals surface area contributed by atoms with Gasteiger partial charge in [-0.3, -0.25) is 14.5 Å². The summed E-state index contributed by atoms with van der Waals surface area (Å²) in [5.41, 5.74) is 0.952. The smallest absolute Gasteiger partial charge is 0.262 e. The number of benzene rings is 1. The molecule has 0 aliphatic carbocycles. The zero-order valence-corrected chi connectivity index (χ0v) is 9.86. The number of amides is 2. The van der Waals surface area contributed by atoms with E-state index in [4.69, 9.17) is 0 Å². The molecule has 1 aromatic carbocycles. The molecule has 0 unspecified atom stereocenters. The van der Waals surface area contributed by atoms with Gasteiger partial charge in [-0.05, 0) is 12.1 Å². The molecule has 86 valence electrons. The summed E-state index contributed by atoms with van der Waals surface area (Å²) in [6, 6.07) is 6.86. The maximum Gasteiger partial charge on any atom is 0.262 e. The molecule has 0 bridgehead atoms. The van der Waals surface area contributed by atoms with Gasteiger partial charge in [-0.25, -0.2) is 0 Å². The van der Waals surface area contributed by atoms with Gasteiger partial charge in [0, 0.05) is 5.92 Å². The SMILES string of the molecule is CC(C)C#CCN1C(=O)c2ccccc2C1=O. The van der Waals surface area contributed by atoms with Gasteiger partial charge in [-0.15, -0.1) is 0 Å². The Morgan fingerprint density at radius 3 is 2.12 bits per heavy atom. The summed E-state index contributed by atoms with van der Waals surface area (Å²) in [6.45, 7) is 4.11. The predicted octanol–water partition coefficient (Wildman–Crippen LogP) is 1.94. The van der Waals surface area contributed by atoms with Crippen molar-refractivity contribution < 1.29 is 9.59 Å². The van der Waals surface area contributed by atoms with Crippen LogP contribution in [0.4, 0.5) is 0 Å². The highest BCUT2D eigenvalue weighted by Crippen LogP contribution is 2.21. The molecule has 0 spiro atoms.